The molecule has 7 nitrogen and oxygen atoms in total. The molecular weight excluding hydrogens is 344 g/mol. The summed E-state index contributed by atoms with van der Waals surface area (Å²) in [5.41, 5.74) is 2.86. The van der Waals surface area contributed by atoms with Crippen LogP contribution in [0.3, 0.4) is 0 Å². The van der Waals surface area contributed by atoms with Gasteiger partial charge in [-0.05, 0) is 44.7 Å². The van der Waals surface area contributed by atoms with Crippen LogP contribution in [0, 0.1) is 19.8 Å². The summed E-state index contributed by atoms with van der Waals surface area (Å²) in [6.07, 6.45) is 4.02. The van der Waals surface area contributed by atoms with Crippen molar-refractivity contribution in [3.8, 4) is 0 Å². The van der Waals surface area contributed by atoms with Crippen molar-refractivity contribution in [2.75, 3.05) is 26.2 Å². The fourth-order valence-electron chi connectivity index (χ4n) is 4.18. The van der Waals surface area contributed by atoms with Crippen molar-refractivity contribution in [3.63, 3.8) is 0 Å². The Morgan fingerprint density at radius 1 is 1.41 bits per heavy atom. The second-order valence-corrected chi connectivity index (χ2v) is 8.06. The van der Waals surface area contributed by atoms with Crippen LogP contribution in [0.15, 0.2) is 22.9 Å². The van der Waals surface area contributed by atoms with E-state index in [1.165, 1.54) is 5.56 Å². The van der Waals surface area contributed by atoms with Gasteiger partial charge >= 0.3 is 0 Å². The number of hydrogen-bond acceptors (Lipinski definition) is 5. The molecule has 0 radical (unpaired) electrons. The Morgan fingerprint density at radius 2 is 2.22 bits per heavy atom. The average Bonchev–Trinajstić information content (AvgIpc) is 3.19. The van der Waals surface area contributed by atoms with Gasteiger partial charge in [-0.15, -0.1) is 0 Å². The number of carbonyl (C=O) groups excluding carboxylic acids is 1. The van der Waals surface area contributed by atoms with Crippen molar-refractivity contribution in [2.45, 2.75) is 38.8 Å². The largest absolute Gasteiger partial charge is 0.372 e. The highest BCUT2D eigenvalue weighted by molar-refractivity contribution is 5.92. The predicted molar refractivity (Wildman–Crippen MR) is 100 cm³/mol. The van der Waals surface area contributed by atoms with Crippen LogP contribution in [0.1, 0.15) is 40.3 Å². The normalized spacial score (nSPS) is 22.0. The highest BCUT2D eigenvalue weighted by Crippen LogP contribution is 2.37. The molecule has 0 aliphatic carbocycles. The summed E-state index contributed by atoms with van der Waals surface area (Å²) in [7, 11) is 1.88. The summed E-state index contributed by atoms with van der Waals surface area (Å²) >= 11 is 0. The average molecular weight is 372 g/mol. The van der Waals surface area contributed by atoms with Gasteiger partial charge in [0.25, 0.3) is 5.91 Å². The van der Waals surface area contributed by atoms with E-state index in [2.05, 4.69) is 15.4 Å². The molecule has 27 heavy (non-hydrogen) atoms. The first-order chi connectivity index (χ1) is 13.0. The molecule has 2 saturated heterocycles. The molecule has 2 aromatic heterocycles. The van der Waals surface area contributed by atoms with Crippen molar-refractivity contribution in [1.82, 2.24) is 19.9 Å². The SMILES string of the molecule is Cc1noc(C)c1CN1CC2(CC[C@H](CNC(=O)c3cccn3C)CO2)C1. The maximum atomic E-state index is 12.2. The molecule has 7 heteroatoms. The molecule has 2 aliphatic rings. The Labute approximate surface area is 159 Å². The van der Waals surface area contributed by atoms with Gasteiger partial charge in [0.1, 0.15) is 11.5 Å². The van der Waals surface area contributed by atoms with Crippen LogP contribution >= 0.6 is 0 Å². The maximum absolute atomic E-state index is 12.2. The highest BCUT2D eigenvalue weighted by Gasteiger charge is 2.46. The molecule has 1 atom stereocenters. The van der Waals surface area contributed by atoms with Gasteiger partial charge in [-0.2, -0.15) is 0 Å². The van der Waals surface area contributed by atoms with Crippen LogP contribution in [0.25, 0.3) is 0 Å². The van der Waals surface area contributed by atoms with Crippen molar-refractivity contribution in [3.05, 3.63) is 41.0 Å². The van der Waals surface area contributed by atoms with E-state index in [4.69, 9.17) is 9.26 Å². The Morgan fingerprint density at radius 3 is 2.81 bits per heavy atom. The third kappa shape index (κ3) is 3.66. The number of nitrogens with one attached hydrogen (secondary N) is 1. The van der Waals surface area contributed by atoms with Crippen molar-refractivity contribution >= 4 is 5.91 Å². The Hall–Kier alpha value is -2.12. The van der Waals surface area contributed by atoms with E-state index >= 15 is 0 Å². The molecule has 0 aromatic carbocycles. The lowest BCUT2D eigenvalue weighted by molar-refractivity contribution is -0.181. The highest BCUT2D eigenvalue weighted by atomic mass is 16.5. The summed E-state index contributed by atoms with van der Waals surface area (Å²) in [5, 5.41) is 7.07. The van der Waals surface area contributed by atoms with E-state index in [0.29, 0.717) is 24.8 Å². The zero-order chi connectivity index (χ0) is 19.0. The molecule has 0 bridgehead atoms. The second-order valence-electron chi connectivity index (χ2n) is 8.06. The van der Waals surface area contributed by atoms with Crippen LogP contribution in [0.4, 0.5) is 0 Å². The third-order valence-corrected chi connectivity index (χ3v) is 5.95. The maximum Gasteiger partial charge on any atom is 0.267 e. The fraction of sp³-hybridized carbons (Fsp3) is 0.600. The van der Waals surface area contributed by atoms with E-state index in [0.717, 1.165) is 43.9 Å². The number of hydrogen-bond donors (Lipinski definition) is 1. The standard InChI is InChI=1S/C20H28N4O3/c1-14-17(15(2)27-22-14)10-24-12-20(13-24)7-6-16(11-26-20)9-21-19(25)18-5-4-8-23(18)3/h4-5,8,16H,6-7,9-13H2,1-3H3,(H,21,25)/t16-/m1/s1. The first-order valence-corrected chi connectivity index (χ1v) is 9.63. The van der Waals surface area contributed by atoms with Crippen LogP contribution in [0.5, 0.6) is 0 Å². The van der Waals surface area contributed by atoms with Gasteiger partial charge in [0.2, 0.25) is 0 Å². The summed E-state index contributed by atoms with van der Waals surface area (Å²) in [6, 6.07) is 3.72. The van der Waals surface area contributed by atoms with Gasteiger partial charge in [0.05, 0.1) is 17.9 Å². The lowest BCUT2D eigenvalue weighted by Gasteiger charge is -2.53. The fourth-order valence-corrected chi connectivity index (χ4v) is 4.18. The van der Waals surface area contributed by atoms with Crippen LogP contribution in [-0.4, -0.2) is 52.4 Å². The number of aromatic nitrogens is 2. The number of ether oxygens (including phenoxy) is 1. The first kappa shape index (κ1) is 18.3. The van der Waals surface area contributed by atoms with E-state index < -0.39 is 0 Å². The molecule has 2 aromatic rings. The molecule has 2 aliphatic heterocycles. The van der Waals surface area contributed by atoms with Crippen molar-refractivity contribution in [1.29, 1.82) is 0 Å². The lowest BCUT2D eigenvalue weighted by atomic mass is 9.82. The van der Waals surface area contributed by atoms with E-state index in [9.17, 15) is 4.79 Å². The van der Waals surface area contributed by atoms with Crippen molar-refractivity contribution in [2.24, 2.45) is 13.0 Å². The molecule has 0 saturated carbocycles. The summed E-state index contributed by atoms with van der Waals surface area (Å²) in [5.74, 6) is 1.28. The lowest BCUT2D eigenvalue weighted by Crippen LogP contribution is -2.64. The van der Waals surface area contributed by atoms with Crippen LogP contribution in [-0.2, 0) is 18.3 Å². The second kappa shape index (κ2) is 7.13. The van der Waals surface area contributed by atoms with Gasteiger partial charge in [0.15, 0.2) is 0 Å². The molecule has 2 fully saturated rings. The summed E-state index contributed by atoms with van der Waals surface area (Å²) in [6.45, 7) is 8.14. The van der Waals surface area contributed by atoms with Crippen LogP contribution < -0.4 is 5.32 Å². The Kier molecular flexibility index (Phi) is 4.82. The van der Waals surface area contributed by atoms with Gasteiger partial charge in [-0.1, -0.05) is 5.16 Å². The predicted octanol–water partition coefficient (Wildman–Crippen LogP) is 2.04. The zero-order valence-electron chi connectivity index (χ0n) is 16.3. The van der Waals surface area contributed by atoms with Crippen LogP contribution in [0.2, 0.25) is 0 Å². The van der Waals surface area contributed by atoms with Gasteiger partial charge < -0.3 is 19.1 Å². The molecule has 146 valence electrons. The molecule has 4 rings (SSSR count). The van der Waals surface area contributed by atoms with Gasteiger partial charge in [-0.25, -0.2) is 0 Å². The zero-order valence-corrected chi connectivity index (χ0v) is 16.3. The number of likely N-dealkylation sites (tertiary alicyclic amines) is 1. The summed E-state index contributed by atoms with van der Waals surface area (Å²) < 4.78 is 13.3. The van der Waals surface area contributed by atoms with E-state index in [1.54, 1.807) is 0 Å². The molecule has 1 spiro atoms. The van der Waals surface area contributed by atoms with Gasteiger partial charge in [0, 0.05) is 45.0 Å². The molecule has 1 amide bonds. The molecule has 4 heterocycles. The Balaban J connectivity index is 1.21. The number of carbonyl (C=O) groups is 1. The first-order valence-electron chi connectivity index (χ1n) is 9.63. The number of nitrogens with zero attached hydrogens (tertiary/aromatic N) is 3. The minimum absolute atomic E-state index is 0.00238. The minimum atomic E-state index is -0.0166. The summed E-state index contributed by atoms with van der Waals surface area (Å²) in [4.78, 5) is 14.6. The topological polar surface area (TPSA) is 72.5 Å². The van der Waals surface area contributed by atoms with E-state index in [-0.39, 0.29) is 11.5 Å². The minimum Gasteiger partial charge on any atom is -0.372 e. The smallest absolute Gasteiger partial charge is 0.267 e. The monoisotopic (exact) mass is 372 g/mol. The number of rotatable bonds is 5. The molecular formula is C20H28N4O3. The van der Waals surface area contributed by atoms with E-state index in [1.807, 2.05) is 43.8 Å². The number of aryl methyl sites for hydroxylation is 3. The number of amides is 1. The van der Waals surface area contributed by atoms with Gasteiger partial charge in [-0.3, -0.25) is 9.69 Å². The third-order valence-electron chi connectivity index (χ3n) is 5.95. The molecule has 1 N–H and O–H groups in total. The Bertz CT molecular complexity index is 790. The van der Waals surface area contributed by atoms with Crippen molar-refractivity contribution < 1.29 is 14.1 Å². The quantitative estimate of drug-likeness (QED) is 0.870. The molecule has 0 unspecified atom stereocenters.